The first kappa shape index (κ1) is 29.7. The molecule has 5 atom stereocenters. The zero-order valence-electron chi connectivity index (χ0n) is 24.5. The van der Waals surface area contributed by atoms with Crippen molar-refractivity contribution < 1.29 is 19.4 Å². The van der Waals surface area contributed by atoms with Crippen molar-refractivity contribution in [3.63, 3.8) is 0 Å². The van der Waals surface area contributed by atoms with Gasteiger partial charge in [-0.2, -0.15) is 0 Å². The molecule has 42 heavy (non-hydrogen) atoms. The minimum absolute atomic E-state index is 0.00996. The maximum Gasteiger partial charge on any atom is 0.251 e. The van der Waals surface area contributed by atoms with Gasteiger partial charge in [0.05, 0.1) is 18.8 Å². The van der Waals surface area contributed by atoms with Crippen LogP contribution in [-0.2, 0) is 22.6 Å². The van der Waals surface area contributed by atoms with Crippen LogP contribution < -0.4 is 5.32 Å². The fourth-order valence-electron chi connectivity index (χ4n) is 5.42. The van der Waals surface area contributed by atoms with Crippen molar-refractivity contribution >= 4 is 5.91 Å². The van der Waals surface area contributed by atoms with Crippen LogP contribution in [0.1, 0.15) is 70.5 Å². The molecule has 4 aromatic rings. The summed E-state index contributed by atoms with van der Waals surface area (Å²) in [6, 6.07) is 36.0. The van der Waals surface area contributed by atoms with E-state index >= 15 is 0 Å². The minimum atomic E-state index is -0.540. The van der Waals surface area contributed by atoms with Crippen LogP contribution in [0.5, 0.6) is 0 Å². The molecule has 5 rings (SSSR count). The molecule has 1 saturated heterocycles. The molecule has 1 heterocycles. The summed E-state index contributed by atoms with van der Waals surface area (Å²) in [4.78, 5) is 14.8. The van der Waals surface area contributed by atoms with Gasteiger partial charge in [0.15, 0.2) is 6.29 Å². The summed E-state index contributed by atoms with van der Waals surface area (Å²) in [7, 11) is 2.14. The molecule has 2 N–H and O–H groups in total. The Balaban J connectivity index is 1.32. The van der Waals surface area contributed by atoms with Gasteiger partial charge in [-0.3, -0.25) is 9.69 Å². The van der Waals surface area contributed by atoms with Gasteiger partial charge in [-0.05, 0) is 48.4 Å². The van der Waals surface area contributed by atoms with Crippen LogP contribution in [0.4, 0.5) is 0 Å². The molecule has 0 aliphatic carbocycles. The molecule has 0 bridgehead atoms. The summed E-state index contributed by atoms with van der Waals surface area (Å²) in [5, 5.41) is 12.5. The maximum absolute atomic E-state index is 12.5. The van der Waals surface area contributed by atoms with E-state index in [0.29, 0.717) is 12.1 Å². The molecule has 218 valence electrons. The Morgan fingerprint density at radius 2 is 1.43 bits per heavy atom. The van der Waals surface area contributed by atoms with Gasteiger partial charge in [0.1, 0.15) is 0 Å². The minimum Gasteiger partial charge on any atom is -0.392 e. The van der Waals surface area contributed by atoms with Crippen LogP contribution in [0.15, 0.2) is 109 Å². The molecule has 1 aliphatic heterocycles. The lowest BCUT2D eigenvalue weighted by Gasteiger charge is -2.43. The van der Waals surface area contributed by atoms with Crippen molar-refractivity contribution in [2.24, 2.45) is 5.92 Å². The van der Waals surface area contributed by atoms with Crippen molar-refractivity contribution in [3.05, 3.63) is 143 Å². The van der Waals surface area contributed by atoms with Gasteiger partial charge in [-0.1, -0.05) is 104 Å². The Morgan fingerprint density at radius 3 is 2.07 bits per heavy atom. The van der Waals surface area contributed by atoms with E-state index in [0.717, 1.165) is 28.8 Å². The Morgan fingerprint density at radius 1 is 0.833 bits per heavy atom. The van der Waals surface area contributed by atoms with Crippen LogP contribution in [0.2, 0.25) is 0 Å². The third-order valence-corrected chi connectivity index (χ3v) is 8.28. The lowest BCUT2D eigenvalue weighted by Crippen LogP contribution is -2.44. The van der Waals surface area contributed by atoms with Crippen LogP contribution in [-0.4, -0.2) is 35.6 Å². The Labute approximate surface area is 248 Å². The average Bonchev–Trinajstić information content (AvgIpc) is 3.05. The van der Waals surface area contributed by atoms with E-state index in [4.69, 9.17) is 9.47 Å². The van der Waals surface area contributed by atoms with Gasteiger partial charge in [-0.25, -0.2) is 0 Å². The van der Waals surface area contributed by atoms with Crippen LogP contribution in [0.3, 0.4) is 0 Å². The van der Waals surface area contributed by atoms with E-state index in [-0.39, 0.29) is 36.7 Å². The predicted molar refractivity (Wildman–Crippen MR) is 165 cm³/mol. The summed E-state index contributed by atoms with van der Waals surface area (Å²) in [6.07, 6.45) is -0.791. The molecular weight excluding hydrogens is 524 g/mol. The number of hydrogen-bond acceptors (Lipinski definition) is 5. The number of carbonyl (C=O) groups excluding carboxylic acids is 1. The van der Waals surface area contributed by atoms with Crippen molar-refractivity contribution in [3.8, 4) is 0 Å². The monoisotopic (exact) mass is 564 g/mol. The van der Waals surface area contributed by atoms with Crippen molar-refractivity contribution in [1.82, 2.24) is 10.2 Å². The average molecular weight is 565 g/mol. The smallest absolute Gasteiger partial charge is 0.251 e. The number of carbonyl (C=O) groups is 1. The summed E-state index contributed by atoms with van der Waals surface area (Å²) in [5.41, 5.74) is 5.78. The molecule has 6 heteroatoms. The first-order chi connectivity index (χ1) is 20.4. The number of hydrogen-bond donors (Lipinski definition) is 2. The number of benzene rings is 4. The highest BCUT2D eigenvalue weighted by Crippen LogP contribution is 2.42. The van der Waals surface area contributed by atoms with Crippen molar-refractivity contribution in [2.75, 3.05) is 13.6 Å². The summed E-state index contributed by atoms with van der Waals surface area (Å²) >= 11 is 0. The fraction of sp³-hybridized carbons (Fsp3) is 0.306. The number of nitrogens with one attached hydrogen (secondary N) is 1. The number of nitrogens with zero attached hydrogens (tertiary/aromatic N) is 1. The van der Waals surface area contributed by atoms with E-state index < -0.39 is 6.29 Å². The van der Waals surface area contributed by atoms with E-state index in [2.05, 4.69) is 55.4 Å². The topological polar surface area (TPSA) is 71.0 Å². The second-order valence-electron chi connectivity index (χ2n) is 11.1. The number of aliphatic hydroxyl groups excluding tert-OH is 1. The SMILES string of the molecule is CC1C(CN(C)C(C)c2ccccc2)OC(c2ccc(CNC(=O)c3ccccc3)cc2)OC1c1ccc(CO)cc1. The first-order valence-electron chi connectivity index (χ1n) is 14.6. The van der Waals surface area contributed by atoms with Gasteiger partial charge < -0.3 is 19.9 Å². The van der Waals surface area contributed by atoms with Crippen molar-refractivity contribution in [1.29, 1.82) is 0 Å². The van der Waals surface area contributed by atoms with E-state index in [9.17, 15) is 9.90 Å². The summed E-state index contributed by atoms with van der Waals surface area (Å²) in [5.74, 6) is -0.00140. The lowest BCUT2D eigenvalue weighted by molar-refractivity contribution is -0.276. The van der Waals surface area contributed by atoms with E-state index in [1.54, 1.807) is 12.1 Å². The van der Waals surface area contributed by atoms with Gasteiger partial charge >= 0.3 is 0 Å². The van der Waals surface area contributed by atoms with Crippen LogP contribution in [0, 0.1) is 5.92 Å². The van der Waals surface area contributed by atoms with E-state index in [1.165, 1.54) is 5.56 Å². The first-order valence-corrected chi connectivity index (χ1v) is 14.6. The maximum atomic E-state index is 12.5. The second-order valence-corrected chi connectivity index (χ2v) is 11.1. The normalized spacial score (nSPS) is 21.2. The Kier molecular flexibility index (Phi) is 9.82. The third-order valence-electron chi connectivity index (χ3n) is 8.28. The number of rotatable bonds is 10. The summed E-state index contributed by atoms with van der Waals surface area (Å²) in [6.45, 7) is 5.59. The van der Waals surface area contributed by atoms with Gasteiger partial charge in [0, 0.05) is 36.2 Å². The molecule has 1 fully saturated rings. The standard InChI is InChI=1S/C36H40N2O4/c1-25-33(23-38(3)26(2)29-10-6-4-7-11-29)41-36(42-34(25)30-18-16-28(24-39)17-19-30)32-20-14-27(15-21-32)22-37-35(40)31-12-8-5-9-13-31/h4-21,25-26,33-34,36,39H,22-24H2,1-3H3,(H,37,40). The fourth-order valence-corrected chi connectivity index (χ4v) is 5.42. The zero-order valence-corrected chi connectivity index (χ0v) is 24.5. The number of likely N-dealkylation sites (N-methyl/N-ethyl adjacent to an activating group) is 1. The highest BCUT2D eigenvalue weighted by Gasteiger charge is 2.39. The molecule has 5 unspecified atom stereocenters. The number of ether oxygens (including phenoxy) is 2. The molecule has 4 aromatic carbocycles. The van der Waals surface area contributed by atoms with Crippen LogP contribution >= 0.6 is 0 Å². The van der Waals surface area contributed by atoms with Gasteiger partial charge in [-0.15, -0.1) is 0 Å². The number of aliphatic hydroxyl groups is 1. The Hall–Kier alpha value is -3.81. The largest absolute Gasteiger partial charge is 0.392 e. The summed E-state index contributed by atoms with van der Waals surface area (Å²) < 4.78 is 13.3. The zero-order chi connectivity index (χ0) is 29.5. The third kappa shape index (κ3) is 7.15. The molecule has 0 saturated carbocycles. The Bertz CT molecular complexity index is 1410. The second kappa shape index (κ2) is 13.9. The van der Waals surface area contributed by atoms with Gasteiger partial charge in [0.2, 0.25) is 0 Å². The molecular formula is C36H40N2O4. The van der Waals surface area contributed by atoms with Gasteiger partial charge in [0.25, 0.3) is 5.91 Å². The lowest BCUT2D eigenvalue weighted by atomic mass is 9.89. The molecule has 0 aromatic heterocycles. The molecule has 0 spiro atoms. The van der Waals surface area contributed by atoms with Crippen molar-refractivity contribution in [2.45, 2.75) is 51.5 Å². The number of amides is 1. The van der Waals surface area contributed by atoms with Crippen LogP contribution in [0.25, 0.3) is 0 Å². The quantitative estimate of drug-likeness (QED) is 0.227. The van der Waals surface area contributed by atoms with E-state index in [1.807, 2.05) is 72.8 Å². The predicted octanol–water partition coefficient (Wildman–Crippen LogP) is 6.59. The highest BCUT2D eigenvalue weighted by atomic mass is 16.7. The molecule has 6 nitrogen and oxygen atoms in total. The molecule has 0 radical (unpaired) electrons. The molecule has 1 aliphatic rings. The highest BCUT2D eigenvalue weighted by molar-refractivity contribution is 5.94. The molecule has 1 amide bonds.